The quantitative estimate of drug-likeness (QED) is 0.440. The van der Waals surface area contributed by atoms with Crippen LogP contribution < -0.4 is 14.8 Å². The number of alkyl halides is 3. The van der Waals surface area contributed by atoms with Crippen molar-refractivity contribution >= 4 is 6.41 Å². The standard InChI is InChI=1S/C22H24F3NO4/c1-4-14(2)12-29-21-15(3)19(9-17(10-26-13-28)20(21)11-27)16-5-7-18(8-6-16)30-22(23,24)25/h5-9,12-13,27H,4,10-11H2,1-3H3,(H,26,28)/b14-12+. The summed E-state index contributed by atoms with van der Waals surface area (Å²) < 4.78 is 47.0. The minimum Gasteiger partial charge on any atom is -0.464 e. The van der Waals surface area contributed by atoms with Crippen LogP contribution in [0.4, 0.5) is 13.2 Å². The van der Waals surface area contributed by atoms with Crippen LogP contribution in [-0.2, 0) is 17.9 Å². The summed E-state index contributed by atoms with van der Waals surface area (Å²) in [5.41, 5.74) is 4.20. The fourth-order valence-electron chi connectivity index (χ4n) is 2.89. The number of halogens is 3. The minimum atomic E-state index is -4.77. The number of benzene rings is 2. The van der Waals surface area contributed by atoms with Crippen molar-refractivity contribution in [1.29, 1.82) is 0 Å². The highest BCUT2D eigenvalue weighted by atomic mass is 19.4. The van der Waals surface area contributed by atoms with Gasteiger partial charge in [0.25, 0.3) is 0 Å². The lowest BCUT2D eigenvalue weighted by Gasteiger charge is -2.19. The predicted octanol–water partition coefficient (Wildman–Crippen LogP) is 4.99. The van der Waals surface area contributed by atoms with E-state index in [1.54, 1.807) is 19.3 Å². The van der Waals surface area contributed by atoms with Crippen molar-refractivity contribution in [3.8, 4) is 22.6 Å². The van der Waals surface area contributed by atoms with Crippen LogP contribution in [0.15, 0.2) is 42.2 Å². The Morgan fingerprint density at radius 1 is 1.23 bits per heavy atom. The van der Waals surface area contributed by atoms with E-state index in [9.17, 15) is 23.1 Å². The van der Waals surface area contributed by atoms with E-state index in [0.717, 1.165) is 12.0 Å². The average molecular weight is 423 g/mol. The molecule has 0 radical (unpaired) electrons. The van der Waals surface area contributed by atoms with E-state index >= 15 is 0 Å². The number of nitrogens with one attached hydrogen (secondary N) is 1. The average Bonchev–Trinajstić information content (AvgIpc) is 2.70. The van der Waals surface area contributed by atoms with Gasteiger partial charge in [0.1, 0.15) is 11.5 Å². The van der Waals surface area contributed by atoms with Crippen molar-refractivity contribution in [3.63, 3.8) is 0 Å². The molecule has 0 aliphatic rings. The first-order valence-corrected chi connectivity index (χ1v) is 9.31. The summed E-state index contributed by atoms with van der Waals surface area (Å²) in [5, 5.41) is 12.5. The summed E-state index contributed by atoms with van der Waals surface area (Å²) >= 11 is 0. The van der Waals surface area contributed by atoms with Crippen molar-refractivity contribution in [1.82, 2.24) is 5.32 Å². The van der Waals surface area contributed by atoms with Crippen LogP contribution in [-0.4, -0.2) is 17.9 Å². The van der Waals surface area contributed by atoms with E-state index in [4.69, 9.17) is 4.74 Å². The first-order valence-electron chi connectivity index (χ1n) is 9.31. The summed E-state index contributed by atoms with van der Waals surface area (Å²) in [5.74, 6) is 0.123. The molecule has 0 saturated heterocycles. The summed E-state index contributed by atoms with van der Waals surface area (Å²) in [4.78, 5) is 10.8. The number of allylic oxidation sites excluding steroid dienone is 1. The fourth-order valence-corrected chi connectivity index (χ4v) is 2.89. The van der Waals surface area contributed by atoms with Gasteiger partial charge in [-0.25, -0.2) is 0 Å². The molecule has 0 fully saturated rings. The van der Waals surface area contributed by atoms with Gasteiger partial charge in [-0.15, -0.1) is 13.2 Å². The van der Waals surface area contributed by atoms with Crippen LogP contribution in [0.2, 0.25) is 0 Å². The molecule has 0 saturated carbocycles. The van der Waals surface area contributed by atoms with Crippen LogP contribution in [0.5, 0.6) is 11.5 Å². The second-order valence-corrected chi connectivity index (χ2v) is 6.68. The Kier molecular flexibility index (Phi) is 7.88. The van der Waals surface area contributed by atoms with Gasteiger partial charge in [-0.05, 0) is 66.3 Å². The predicted molar refractivity (Wildman–Crippen MR) is 107 cm³/mol. The highest BCUT2D eigenvalue weighted by Crippen LogP contribution is 2.37. The highest BCUT2D eigenvalue weighted by Gasteiger charge is 2.31. The molecule has 2 aromatic carbocycles. The maximum Gasteiger partial charge on any atom is 0.573 e. The van der Waals surface area contributed by atoms with Gasteiger partial charge < -0.3 is 19.9 Å². The second kappa shape index (κ2) is 10.2. The third-order valence-electron chi connectivity index (χ3n) is 4.59. The fraction of sp³-hybridized carbons (Fsp3) is 0.318. The third-order valence-corrected chi connectivity index (χ3v) is 4.59. The molecule has 5 nitrogen and oxygen atoms in total. The summed E-state index contributed by atoms with van der Waals surface area (Å²) in [6.45, 7) is 5.55. The number of amides is 1. The van der Waals surface area contributed by atoms with E-state index in [1.165, 1.54) is 24.3 Å². The lowest BCUT2D eigenvalue weighted by molar-refractivity contribution is -0.274. The van der Waals surface area contributed by atoms with E-state index in [1.807, 2.05) is 13.8 Å². The lowest BCUT2D eigenvalue weighted by atomic mass is 9.93. The van der Waals surface area contributed by atoms with E-state index in [-0.39, 0.29) is 18.9 Å². The molecule has 0 aromatic heterocycles. The highest BCUT2D eigenvalue weighted by molar-refractivity contribution is 5.73. The Balaban J connectivity index is 2.56. The van der Waals surface area contributed by atoms with Crippen molar-refractivity contribution in [2.45, 2.75) is 46.7 Å². The molecule has 2 aromatic rings. The van der Waals surface area contributed by atoms with Crippen molar-refractivity contribution in [2.75, 3.05) is 0 Å². The van der Waals surface area contributed by atoms with Crippen molar-refractivity contribution in [2.24, 2.45) is 0 Å². The molecule has 0 bridgehead atoms. The van der Waals surface area contributed by atoms with Crippen LogP contribution in [0.1, 0.15) is 37.0 Å². The topological polar surface area (TPSA) is 67.8 Å². The molecule has 2 N–H and O–H groups in total. The summed E-state index contributed by atoms with van der Waals surface area (Å²) in [7, 11) is 0. The number of ether oxygens (including phenoxy) is 2. The Hall–Kier alpha value is -3.00. The molecule has 0 atom stereocenters. The number of aliphatic hydroxyl groups is 1. The van der Waals surface area contributed by atoms with Crippen molar-refractivity contribution in [3.05, 3.63) is 58.9 Å². The number of aliphatic hydroxyl groups excluding tert-OH is 1. The van der Waals surface area contributed by atoms with Gasteiger partial charge in [0.15, 0.2) is 0 Å². The third kappa shape index (κ3) is 6.00. The number of rotatable bonds is 9. The zero-order valence-electron chi connectivity index (χ0n) is 17.0. The molecule has 2 rings (SSSR count). The molecular formula is C22H24F3NO4. The Morgan fingerprint density at radius 3 is 2.43 bits per heavy atom. The normalized spacial score (nSPS) is 11.9. The molecule has 0 unspecified atom stereocenters. The molecule has 162 valence electrons. The molecule has 1 amide bonds. The van der Waals surface area contributed by atoms with Crippen LogP contribution in [0, 0.1) is 6.92 Å². The van der Waals surface area contributed by atoms with E-state index in [2.05, 4.69) is 10.1 Å². The molecule has 0 aliphatic carbocycles. The maximum absolute atomic E-state index is 12.4. The minimum absolute atomic E-state index is 0.161. The van der Waals surface area contributed by atoms with Crippen molar-refractivity contribution < 1.29 is 32.5 Å². The van der Waals surface area contributed by atoms with Gasteiger partial charge in [0, 0.05) is 12.1 Å². The molecule has 0 spiro atoms. The lowest BCUT2D eigenvalue weighted by Crippen LogP contribution is -2.17. The largest absolute Gasteiger partial charge is 0.573 e. The Morgan fingerprint density at radius 2 is 1.90 bits per heavy atom. The second-order valence-electron chi connectivity index (χ2n) is 6.68. The monoisotopic (exact) mass is 423 g/mol. The first kappa shape index (κ1) is 23.3. The number of carbonyl (C=O) groups excluding carboxylic acids is 1. The Labute approximate surface area is 173 Å². The van der Waals surface area contributed by atoms with Gasteiger partial charge in [-0.3, -0.25) is 4.79 Å². The molecular weight excluding hydrogens is 399 g/mol. The Bertz CT molecular complexity index is 906. The molecule has 0 aliphatic heterocycles. The SMILES string of the molecule is CC/C(C)=C/Oc1c(C)c(-c2ccc(OC(F)(F)F)cc2)cc(CNC=O)c1CO. The van der Waals surface area contributed by atoms with Gasteiger partial charge in [0.05, 0.1) is 12.9 Å². The van der Waals surface area contributed by atoms with Gasteiger partial charge in [-0.2, -0.15) is 0 Å². The van der Waals surface area contributed by atoms with Gasteiger partial charge in [0.2, 0.25) is 6.41 Å². The summed E-state index contributed by atoms with van der Waals surface area (Å²) in [6, 6.07) is 7.26. The smallest absolute Gasteiger partial charge is 0.464 e. The first-order chi connectivity index (χ1) is 14.2. The number of hydrogen-bond donors (Lipinski definition) is 2. The summed E-state index contributed by atoms with van der Waals surface area (Å²) in [6.07, 6.45) is -1.83. The van der Waals surface area contributed by atoms with Gasteiger partial charge in [-0.1, -0.05) is 19.1 Å². The van der Waals surface area contributed by atoms with E-state index < -0.39 is 6.36 Å². The van der Waals surface area contributed by atoms with Crippen LogP contribution >= 0.6 is 0 Å². The van der Waals surface area contributed by atoms with E-state index in [0.29, 0.717) is 40.0 Å². The maximum atomic E-state index is 12.4. The number of carbonyl (C=O) groups is 1. The number of hydrogen-bond acceptors (Lipinski definition) is 4. The zero-order chi connectivity index (χ0) is 22.3. The van der Waals surface area contributed by atoms with Crippen LogP contribution in [0.25, 0.3) is 11.1 Å². The molecule has 0 heterocycles. The van der Waals surface area contributed by atoms with Crippen LogP contribution in [0.3, 0.4) is 0 Å². The molecule has 8 heteroatoms. The zero-order valence-corrected chi connectivity index (χ0v) is 17.0. The van der Waals surface area contributed by atoms with Gasteiger partial charge >= 0.3 is 6.36 Å². The molecule has 30 heavy (non-hydrogen) atoms.